The fourth-order valence-electron chi connectivity index (χ4n) is 3.13. The van der Waals surface area contributed by atoms with Crippen LogP contribution in [0.25, 0.3) is 0 Å². The number of carbonyl (C=O) groups is 1. The van der Waals surface area contributed by atoms with Gasteiger partial charge in [-0.2, -0.15) is 5.10 Å². The summed E-state index contributed by atoms with van der Waals surface area (Å²) in [7, 11) is 0. The van der Waals surface area contributed by atoms with Crippen LogP contribution in [0, 0.1) is 5.41 Å². The summed E-state index contributed by atoms with van der Waals surface area (Å²) in [4.78, 5) is 13.1. The Labute approximate surface area is 129 Å². The van der Waals surface area contributed by atoms with Crippen LogP contribution in [0.5, 0.6) is 0 Å². The van der Waals surface area contributed by atoms with Crippen LogP contribution in [0.3, 0.4) is 0 Å². The molecule has 1 aromatic heterocycles. The Kier molecular flexibility index (Phi) is 5.02. The van der Waals surface area contributed by atoms with E-state index < -0.39 is 5.41 Å². The van der Waals surface area contributed by atoms with Crippen molar-refractivity contribution in [1.82, 2.24) is 9.78 Å². The Morgan fingerprint density at radius 1 is 1.40 bits per heavy atom. The minimum atomic E-state index is -0.397. The molecule has 112 valence electrons. The number of hydrogen-bond donors (Lipinski definition) is 1. The van der Waals surface area contributed by atoms with Gasteiger partial charge in [0.15, 0.2) is 5.78 Å². The van der Waals surface area contributed by atoms with Crippen LogP contribution >= 0.6 is 15.9 Å². The fraction of sp³-hybridized carbons (Fsp3) is 0.733. The van der Waals surface area contributed by atoms with Crippen molar-refractivity contribution in [2.45, 2.75) is 58.4 Å². The molecular weight excluding hydrogens is 318 g/mol. The van der Waals surface area contributed by atoms with Crippen molar-refractivity contribution in [3.8, 4) is 0 Å². The lowest BCUT2D eigenvalue weighted by Crippen LogP contribution is -2.39. The molecular formula is C15H24BrN3O. The first-order chi connectivity index (χ1) is 9.52. The van der Waals surface area contributed by atoms with Gasteiger partial charge in [-0.3, -0.25) is 9.48 Å². The Morgan fingerprint density at radius 3 is 2.50 bits per heavy atom. The van der Waals surface area contributed by atoms with Gasteiger partial charge in [0, 0.05) is 18.0 Å². The van der Waals surface area contributed by atoms with E-state index in [0.29, 0.717) is 12.2 Å². The summed E-state index contributed by atoms with van der Waals surface area (Å²) in [5.41, 5.74) is 6.32. The van der Waals surface area contributed by atoms with Gasteiger partial charge in [-0.1, -0.05) is 25.7 Å². The third-order valence-electron chi connectivity index (χ3n) is 4.39. The zero-order valence-corrected chi connectivity index (χ0v) is 13.9. The molecule has 4 nitrogen and oxygen atoms in total. The summed E-state index contributed by atoms with van der Waals surface area (Å²) in [5.74, 6) is 0.167. The van der Waals surface area contributed by atoms with E-state index in [-0.39, 0.29) is 11.8 Å². The van der Waals surface area contributed by atoms with Gasteiger partial charge in [-0.05, 0) is 42.6 Å². The predicted octanol–water partition coefficient (Wildman–Crippen LogP) is 3.71. The number of aromatic nitrogens is 2. The molecule has 0 aliphatic heterocycles. The van der Waals surface area contributed by atoms with Gasteiger partial charge < -0.3 is 5.73 Å². The molecule has 1 fully saturated rings. The van der Waals surface area contributed by atoms with Gasteiger partial charge in [0.25, 0.3) is 0 Å². The molecule has 2 N–H and O–H groups in total. The molecule has 5 heteroatoms. The number of rotatable bonds is 4. The van der Waals surface area contributed by atoms with E-state index in [9.17, 15) is 4.79 Å². The smallest absolute Gasteiger partial charge is 0.189 e. The molecule has 0 aromatic carbocycles. The summed E-state index contributed by atoms with van der Waals surface area (Å²) in [6.45, 7) is 4.51. The van der Waals surface area contributed by atoms with Crippen LogP contribution in [0.2, 0.25) is 0 Å². The molecule has 1 aliphatic carbocycles. The summed E-state index contributed by atoms with van der Waals surface area (Å²) in [5, 5.41) is 4.33. The first-order valence-corrected chi connectivity index (χ1v) is 8.29. The van der Waals surface area contributed by atoms with Crippen LogP contribution in [0.15, 0.2) is 10.7 Å². The van der Waals surface area contributed by atoms with Crippen molar-refractivity contribution in [3.05, 3.63) is 16.4 Å². The van der Waals surface area contributed by atoms with Gasteiger partial charge in [0.05, 0.1) is 10.7 Å². The second kappa shape index (κ2) is 6.39. The second-order valence-corrected chi connectivity index (χ2v) is 6.96. The molecule has 1 aromatic rings. The zero-order valence-electron chi connectivity index (χ0n) is 12.4. The van der Waals surface area contributed by atoms with E-state index in [1.165, 1.54) is 12.8 Å². The molecule has 0 unspecified atom stereocenters. The number of carbonyl (C=O) groups excluding carboxylic acids is 1. The third-order valence-corrected chi connectivity index (χ3v) is 4.97. The van der Waals surface area contributed by atoms with Crippen molar-refractivity contribution in [2.24, 2.45) is 11.1 Å². The van der Waals surface area contributed by atoms with Crippen LogP contribution in [-0.4, -0.2) is 22.1 Å². The summed E-state index contributed by atoms with van der Waals surface area (Å²) in [6.07, 6.45) is 8.12. The molecule has 2 rings (SSSR count). The normalized spacial score (nSPS) is 19.1. The van der Waals surface area contributed by atoms with Crippen LogP contribution in [0.4, 0.5) is 0 Å². The molecule has 0 atom stereocenters. The molecule has 0 spiro atoms. The molecule has 1 aliphatic rings. The number of nitrogens with zero attached hydrogens (tertiary/aromatic N) is 2. The minimum absolute atomic E-state index is 0.167. The Bertz CT molecular complexity index is 473. The second-order valence-electron chi connectivity index (χ2n) is 6.11. The molecule has 0 amide bonds. The highest BCUT2D eigenvalue weighted by molar-refractivity contribution is 9.10. The van der Waals surface area contributed by atoms with Gasteiger partial charge in [0.1, 0.15) is 5.69 Å². The number of hydrogen-bond acceptors (Lipinski definition) is 3. The summed E-state index contributed by atoms with van der Waals surface area (Å²) in [6, 6.07) is 0.167. The Morgan fingerprint density at radius 2 is 2.00 bits per heavy atom. The highest BCUT2D eigenvalue weighted by Gasteiger charge is 2.40. The van der Waals surface area contributed by atoms with E-state index in [1.807, 2.05) is 18.5 Å². The highest BCUT2D eigenvalue weighted by atomic mass is 79.9. The summed E-state index contributed by atoms with van der Waals surface area (Å²) >= 11 is 3.48. The van der Waals surface area contributed by atoms with Gasteiger partial charge >= 0.3 is 0 Å². The highest BCUT2D eigenvalue weighted by Crippen LogP contribution is 2.39. The number of nitrogens with two attached hydrogens (primary N) is 1. The maximum atomic E-state index is 13.1. The lowest BCUT2D eigenvalue weighted by molar-refractivity contribution is 0.0759. The quantitative estimate of drug-likeness (QED) is 0.670. The maximum absolute atomic E-state index is 13.1. The van der Waals surface area contributed by atoms with Crippen molar-refractivity contribution in [3.63, 3.8) is 0 Å². The topological polar surface area (TPSA) is 60.9 Å². The zero-order chi connectivity index (χ0) is 14.8. The lowest BCUT2D eigenvalue weighted by atomic mass is 9.75. The average molecular weight is 342 g/mol. The van der Waals surface area contributed by atoms with E-state index in [2.05, 4.69) is 21.0 Å². The molecule has 0 bridgehead atoms. The molecule has 0 radical (unpaired) electrons. The largest absolute Gasteiger partial charge is 0.329 e. The Balaban J connectivity index is 2.40. The van der Waals surface area contributed by atoms with E-state index in [0.717, 1.165) is 30.2 Å². The monoisotopic (exact) mass is 341 g/mol. The molecule has 1 heterocycles. The first-order valence-electron chi connectivity index (χ1n) is 7.50. The van der Waals surface area contributed by atoms with E-state index in [4.69, 9.17) is 5.73 Å². The third kappa shape index (κ3) is 2.84. The molecule has 20 heavy (non-hydrogen) atoms. The van der Waals surface area contributed by atoms with Crippen LogP contribution in [-0.2, 0) is 0 Å². The average Bonchev–Trinajstić information content (AvgIpc) is 2.66. The lowest BCUT2D eigenvalue weighted by Gasteiger charge is -2.30. The molecule has 1 saturated carbocycles. The van der Waals surface area contributed by atoms with Crippen molar-refractivity contribution in [2.75, 3.05) is 6.54 Å². The van der Waals surface area contributed by atoms with E-state index >= 15 is 0 Å². The van der Waals surface area contributed by atoms with Crippen LogP contribution < -0.4 is 5.73 Å². The molecule has 0 saturated heterocycles. The standard InChI is InChI=1S/C15H24BrN3O/c1-11(2)19-13(12(16)9-18-19)14(20)15(10-17)7-5-3-4-6-8-15/h9,11H,3-8,10,17H2,1-2H3. The minimum Gasteiger partial charge on any atom is -0.329 e. The summed E-state index contributed by atoms with van der Waals surface area (Å²) < 4.78 is 2.60. The van der Waals surface area contributed by atoms with Gasteiger partial charge in [-0.25, -0.2) is 0 Å². The predicted molar refractivity (Wildman–Crippen MR) is 83.8 cm³/mol. The maximum Gasteiger partial charge on any atom is 0.189 e. The van der Waals surface area contributed by atoms with Crippen molar-refractivity contribution < 1.29 is 4.79 Å². The number of Topliss-reactive ketones (excluding diaryl/α,β-unsaturated/α-hetero) is 1. The van der Waals surface area contributed by atoms with Gasteiger partial charge in [-0.15, -0.1) is 0 Å². The van der Waals surface area contributed by atoms with Gasteiger partial charge in [0.2, 0.25) is 0 Å². The number of halogens is 1. The van der Waals surface area contributed by atoms with Crippen molar-refractivity contribution in [1.29, 1.82) is 0 Å². The number of ketones is 1. The SMILES string of the molecule is CC(C)n1ncc(Br)c1C(=O)C1(CN)CCCCCC1. The fourth-order valence-corrected chi connectivity index (χ4v) is 3.58. The Hall–Kier alpha value is -0.680. The van der Waals surface area contributed by atoms with Crippen molar-refractivity contribution >= 4 is 21.7 Å². The first kappa shape index (κ1) is 15.7. The van der Waals surface area contributed by atoms with E-state index in [1.54, 1.807) is 6.20 Å². The van der Waals surface area contributed by atoms with Crippen LogP contribution in [0.1, 0.15) is 68.9 Å².